The molecule has 0 amide bonds. The first-order chi connectivity index (χ1) is 5.82. The molecule has 0 spiro atoms. The van der Waals surface area contributed by atoms with Gasteiger partial charge in [-0.1, -0.05) is 20.8 Å². The van der Waals surface area contributed by atoms with Crippen molar-refractivity contribution in [2.24, 2.45) is 11.3 Å². The molecule has 0 heterocycles. The summed E-state index contributed by atoms with van der Waals surface area (Å²) in [6.45, 7) is 7.88. The molecule has 0 N–H and O–H groups in total. The normalized spacial score (nSPS) is 33.8. The first-order valence-electron chi connectivity index (χ1n) is 4.63. The molecule has 0 saturated heterocycles. The summed E-state index contributed by atoms with van der Waals surface area (Å²) >= 11 is 5.98. The molecule has 0 bridgehead atoms. The van der Waals surface area contributed by atoms with Gasteiger partial charge >= 0.3 is 5.97 Å². The van der Waals surface area contributed by atoms with Gasteiger partial charge in [0, 0.05) is 12.8 Å². The summed E-state index contributed by atoms with van der Waals surface area (Å²) in [5.74, 6) is 0.170. The van der Waals surface area contributed by atoms with Crippen LogP contribution in [0.3, 0.4) is 0 Å². The van der Waals surface area contributed by atoms with E-state index in [4.69, 9.17) is 16.3 Å². The summed E-state index contributed by atoms with van der Waals surface area (Å²) in [5.41, 5.74) is 0.172. The fourth-order valence-electron chi connectivity index (χ4n) is 1.76. The number of carbonyl (C=O) groups is 1. The summed E-state index contributed by atoms with van der Waals surface area (Å²) in [5, 5.41) is 0.00752. The van der Waals surface area contributed by atoms with Crippen LogP contribution in [0.15, 0.2) is 0 Å². The van der Waals surface area contributed by atoms with E-state index in [2.05, 4.69) is 20.8 Å². The van der Waals surface area contributed by atoms with Crippen molar-refractivity contribution < 1.29 is 9.53 Å². The van der Waals surface area contributed by atoms with Gasteiger partial charge in [0.05, 0.1) is 5.38 Å². The van der Waals surface area contributed by atoms with Crippen molar-refractivity contribution in [1.29, 1.82) is 0 Å². The van der Waals surface area contributed by atoms with Crippen LogP contribution in [-0.2, 0) is 9.53 Å². The summed E-state index contributed by atoms with van der Waals surface area (Å²) < 4.78 is 5.17. The third kappa shape index (κ3) is 2.37. The lowest BCUT2D eigenvalue weighted by Crippen LogP contribution is -2.51. The molecular formula is C10H17ClO2. The van der Waals surface area contributed by atoms with Crippen LogP contribution in [0.25, 0.3) is 0 Å². The Balaban J connectivity index is 2.56. The van der Waals surface area contributed by atoms with Gasteiger partial charge in [-0.3, -0.25) is 4.79 Å². The molecule has 1 rings (SSSR count). The number of rotatable bonds is 1. The van der Waals surface area contributed by atoms with E-state index >= 15 is 0 Å². The van der Waals surface area contributed by atoms with Crippen LogP contribution < -0.4 is 0 Å². The summed E-state index contributed by atoms with van der Waals surface area (Å²) in [6, 6.07) is 0. The van der Waals surface area contributed by atoms with Gasteiger partial charge in [-0.05, 0) is 11.8 Å². The zero-order valence-corrected chi connectivity index (χ0v) is 9.39. The minimum Gasteiger partial charge on any atom is -0.461 e. The van der Waals surface area contributed by atoms with E-state index in [0.717, 1.165) is 6.42 Å². The number of carbonyl (C=O) groups excluding carboxylic acids is 1. The third-order valence-corrected chi connectivity index (χ3v) is 3.07. The summed E-state index contributed by atoms with van der Waals surface area (Å²) in [6.07, 6.45) is 0.863. The Labute approximate surface area is 84.6 Å². The van der Waals surface area contributed by atoms with Crippen LogP contribution >= 0.6 is 11.6 Å². The van der Waals surface area contributed by atoms with Crippen LogP contribution in [0.5, 0.6) is 0 Å². The van der Waals surface area contributed by atoms with Crippen molar-refractivity contribution in [2.75, 3.05) is 0 Å². The van der Waals surface area contributed by atoms with Gasteiger partial charge in [0.1, 0.15) is 6.10 Å². The third-order valence-electron chi connectivity index (χ3n) is 2.65. The second-order valence-electron chi connectivity index (χ2n) is 4.80. The highest BCUT2D eigenvalue weighted by atomic mass is 35.5. The molecule has 0 aromatic heterocycles. The molecule has 1 saturated carbocycles. The molecule has 2 nitrogen and oxygen atoms in total. The first-order valence-corrected chi connectivity index (χ1v) is 5.07. The SMILES string of the molecule is CC(=O)O[C@@H]1C(C(C)(C)C)C[C@H]1Cl. The lowest BCUT2D eigenvalue weighted by atomic mass is 9.66. The average Bonchev–Trinajstić information content (AvgIpc) is 1.93. The Morgan fingerprint density at radius 3 is 2.31 bits per heavy atom. The Kier molecular flexibility index (Phi) is 2.91. The predicted octanol–water partition coefficient (Wildman–Crippen LogP) is 2.59. The van der Waals surface area contributed by atoms with Gasteiger partial charge < -0.3 is 4.74 Å². The number of hydrogen-bond acceptors (Lipinski definition) is 2. The van der Waals surface area contributed by atoms with Crippen LogP contribution in [-0.4, -0.2) is 17.5 Å². The van der Waals surface area contributed by atoms with Crippen LogP contribution in [0.4, 0.5) is 0 Å². The van der Waals surface area contributed by atoms with Crippen molar-refractivity contribution in [3.63, 3.8) is 0 Å². The molecule has 13 heavy (non-hydrogen) atoms. The van der Waals surface area contributed by atoms with E-state index in [-0.39, 0.29) is 22.9 Å². The summed E-state index contributed by atoms with van der Waals surface area (Å²) in [4.78, 5) is 10.8. The van der Waals surface area contributed by atoms with Crippen molar-refractivity contribution in [3.05, 3.63) is 0 Å². The lowest BCUT2D eigenvalue weighted by molar-refractivity contribution is -0.159. The highest BCUT2D eigenvalue weighted by Crippen LogP contribution is 2.45. The van der Waals surface area contributed by atoms with Crippen LogP contribution in [0, 0.1) is 11.3 Å². The van der Waals surface area contributed by atoms with E-state index in [1.54, 1.807) is 0 Å². The highest BCUT2D eigenvalue weighted by molar-refractivity contribution is 6.21. The topological polar surface area (TPSA) is 26.3 Å². The molecule has 0 aromatic carbocycles. The van der Waals surface area contributed by atoms with E-state index < -0.39 is 0 Å². The molecular weight excluding hydrogens is 188 g/mol. The fourth-order valence-corrected chi connectivity index (χ4v) is 2.18. The van der Waals surface area contributed by atoms with E-state index in [0.29, 0.717) is 5.92 Å². The maximum absolute atomic E-state index is 10.8. The number of hydrogen-bond donors (Lipinski definition) is 0. The average molecular weight is 205 g/mol. The molecule has 0 aliphatic heterocycles. The van der Waals surface area contributed by atoms with Crippen molar-refractivity contribution >= 4 is 17.6 Å². The Hall–Kier alpha value is -0.240. The summed E-state index contributed by atoms with van der Waals surface area (Å²) in [7, 11) is 0. The standard InChI is InChI=1S/C10H17ClO2/c1-6(12)13-9-7(5-8(9)11)10(2,3)4/h7-9H,5H2,1-4H3/t7?,8-,9-/m1/s1. The fraction of sp³-hybridized carbons (Fsp3) is 0.900. The molecule has 3 atom stereocenters. The smallest absolute Gasteiger partial charge is 0.302 e. The van der Waals surface area contributed by atoms with Crippen molar-refractivity contribution in [1.82, 2.24) is 0 Å². The van der Waals surface area contributed by atoms with Gasteiger partial charge in [-0.15, -0.1) is 11.6 Å². The largest absolute Gasteiger partial charge is 0.461 e. The monoisotopic (exact) mass is 204 g/mol. The first kappa shape index (κ1) is 10.8. The van der Waals surface area contributed by atoms with Crippen LogP contribution in [0.1, 0.15) is 34.1 Å². The van der Waals surface area contributed by atoms with Crippen LogP contribution in [0.2, 0.25) is 0 Å². The predicted molar refractivity (Wildman–Crippen MR) is 52.8 cm³/mol. The minimum atomic E-state index is -0.232. The molecule has 1 unspecified atom stereocenters. The molecule has 1 fully saturated rings. The van der Waals surface area contributed by atoms with Crippen molar-refractivity contribution in [3.8, 4) is 0 Å². The van der Waals surface area contributed by atoms with Gasteiger partial charge in [-0.2, -0.15) is 0 Å². The van der Waals surface area contributed by atoms with E-state index in [1.807, 2.05) is 0 Å². The molecule has 76 valence electrons. The molecule has 0 radical (unpaired) electrons. The number of ether oxygens (including phenoxy) is 1. The van der Waals surface area contributed by atoms with E-state index in [9.17, 15) is 4.79 Å². The zero-order chi connectivity index (χ0) is 10.2. The molecule has 1 aliphatic carbocycles. The Morgan fingerprint density at radius 1 is 1.46 bits per heavy atom. The molecule has 3 heteroatoms. The van der Waals surface area contributed by atoms with Gasteiger partial charge in [-0.25, -0.2) is 0 Å². The van der Waals surface area contributed by atoms with Crippen molar-refractivity contribution in [2.45, 2.75) is 45.6 Å². The van der Waals surface area contributed by atoms with Gasteiger partial charge in [0.2, 0.25) is 0 Å². The molecule has 0 aromatic rings. The van der Waals surface area contributed by atoms with E-state index in [1.165, 1.54) is 6.92 Å². The van der Waals surface area contributed by atoms with Gasteiger partial charge in [0.15, 0.2) is 0 Å². The maximum atomic E-state index is 10.8. The Morgan fingerprint density at radius 2 is 2.00 bits per heavy atom. The van der Waals surface area contributed by atoms with Gasteiger partial charge in [0.25, 0.3) is 0 Å². The second kappa shape index (κ2) is 3.49. The Bertz CT molecular complexity index is 207. The lowest BCUT2D eigenvalue weighted by Gasteiger charge is -2.47. The number of halogens is 1. The number of esters is 1. The number of alkyl halides is 1. The highest BCUT2D eigenvalue weighted by Gasteiger charge is 2.48. The minimum absolute atomic E-state index is 0.00752. The quantitative estimate of drug-likeness (QED) is 0.485. The molecule has 1 aliphatic rings. The second-order valence-corrected chi connectivity index (χ2v) is 5.36. The zero-order valence-electron chi connectivity index (χ0n) is 8.63. The maximum Gasteiger partial charge on any atom is 0.302 e.